The lowest BCUT2D eigenvalue weighted by atomic mass is 9.96. The van der Waals surface area contributed by atoms with Gasteiger partial charge >= 0.3 is 5.97 Å². The van der Waals surface area contributed by atoms with Gasteiger partial charge in [0.15, 0.2) is 5.82 Å². The molecule has 20 heavy (non-hydrogen) atoms. The molecule has 4 atom stereocenters. The van der Waals surface area contributed by atoms with Crippen molar-refractivity contribution in [3.63, 3.8) is 0 Å². The Morgan fingerprint density at radius 3 is 2.80 bits per heavy atom. The minimum absolute atomic E-state index is 0.253. The van der Waals surface area contributed by atoms with Crippen molar-refractivity contribution in [2.75, 3.05) is 11.5 Å². The molecule has 7 heteroatoms. The zero-order chi connectivity index (χ0) is 14.7. The van der Waals surface area contributed by atoms with Crippen molar-refractivity contribution < 1.29 is 14.4 Å². The quantitative estimate of drug-likeness (QED) is 0.894. The molecule has 0 amide bonds. The predicted molar refractivity (Wildman–Crippen MR) is 81.2 cm³/mol. The van der Waals surface area contributed by atoms with E-state index in [1.165, 1.54) is 0 Å². The number of thioether (sulfide) groups is 2. The van der Waals surface area contributed by atoms with Crippen molar-refractivity contribution in [2.45, 2.75) is 43.6 Å². The maximum absolute atomic E-state index is 11.0. The molecule has 4 unspecified atom stereocenters. The first kappa shape index (κ1) is 15.7. The van der Waals surface area contributed by atoms with Crippen molar-refractivity contribution in [1.29, 1.82) is 0 Å². The van der Waals surface area contributed by atoms with Gasteiger partial charge in [-0.05, 0) is 6.42 Å². The van der Waals surface area contributed by atoms with Crippen LogP contribution in [0.15, 0.2) is 4.52 Å². The van der Waals surface area contributed by atoms with E-state index in [0.717, 1.165) is 17.9 Å². The summed E-state index contributed by atoms with van der Waals surface area (Å²) in [5.41, 5.74) is 0. The molecule has 1 aromatic rings. The van der Waals surface area contributed by atoms with Gasteiger partial charge < -0.3 is 9.63 Å². The fourth-order valence-corrected chi connectivity index (χ4v) is 5.10. The van der Waals surface area contributed by atoms with Gasteiger partial charge in [0.05, 0.1) is 11.2 Å². The number of hydrogen-bond acceptors (Lipinski definition) is 6. The van der Waals surface area contributed by atoms with Crippen LogP contribution in [-0.2, 0) is 4.79 Å². The molecule has 5 nitrogen and oxygen atoms in total. The highest BCUT2D eigenvalue weighted by Crippen LogP contribution is 2.43. The molecule has 1 aliphatic heterocycles. The second-order valence-corrected chi connectivity index (χ2v) is 7.61. The summed E-state index contributed by atoms with van der Waals surface area (Å²) >= 11 is 3.82. The van der Waals surface area contributed by atoms with E-state index in [1.807, 2.05) is 30.4 Å². The third kappa shape index (κ3) is 3.31. The number of carboxylic acids is 1. The number of rotatable bonds is 5. The Balaban J connectivity index is 2.13. The summed E-state index contributed by atoms with van der Waals surface area (Å²) in [6.07, 6.45) is 1.08. The Labute approximate surface area is 127 Å². The maximum Gasteiger partial charge on any atom is 0.307 e. The topological polar surface area (TPSA) is 76.2 Å². The van der Waals surface area contributed by atoms with Gasteiger partial charge in [0.25, 0.3) is 0 Å². The maximum atomic E-state index is 11.0. The van der Waals surface area contributed by atoms with Crippen molar-refractivity contribution >= 4 is 29.5 Å². The van der Waals surface area contributed by atoms with Crippen molar-refractivity contribution in [2.24, 2.45) is 5.92 Å². The van der Waals surface area contributed by atoms with Gasteiger partial charge in [0.1, 0.15) is 0 Å². The van der Waals surface area contributed by atoms with E-state index in [9.17, 15) is 4.79 Å². The largest absolute Gasteiger partial charge is 0.481 e. The molecule has 1 saturated heterocycles. The molecule has 0 aromatic carbocycles. The summed E-state index contributed by atoms with van der Waals surface area (Å²) < 4.78 is 5.30. The van der Waals surface area contributed by atoms with Crippen LogP contribution in [0, 0.1) is 5.92 Å². The summed E-state index contributed by atoms with van der Waals surface area (Å²) in [4.78, 5) is 15.5. The van der Waals surface area contributed by atoms with Crippen LogP contribution in [0.4, 0.5) is 0 Å². The number of carbonyl (C=O) groups is 1. The molecule has 1 N–H and O–H groups in total. The van der Waals surface area contributed by atoms with Gasteiger partial charge in [0.2, 0.25) is 5.89 Å². The van der Waals surface area contributed by atoms with E-state index in [2.05, 4.69) is 17.1 Å². The van der Waals surface area contributed by atoms with Crippen LogP contribution in [-0.4, -0.2) is 38.0 Å². The minimum atomic E-state index is -0.841. The lowest BCUT2D eigenvalue weighted by molar-refractivity contribution is -0.141. The number of aromatic nitrogens is 2. The monoisotopic (exact) mass is 316 g/mol. The van der Waals surface area contributed by atoms with E-state index in [1.54, 1.807) is 6.92 Å². The van der Waals surface area contributed by atoms with E-state index < -0.39 is 11.9 Å². The van der Waals surface area contributed by atoms with Crippen molar-refractivity contribution in [3.8, 4) is 0 Å². The number of aliphatic carboxylic acids is 1. The van der Waals surface area contributed by atoms with Gasteiger partial charge in [-0.15, -0.1) is 11.8 Å². The second kappa shape index (κ2) is 6.85. The van der Waals surface area contributed by atoms with Crippen LogP contribution < -0.4 is 0 Å². The Morgan fingerprint density at radius 1 is 1.45 bits per heavy atom. The fraction of sp³-hybridized carbons (Fsp3) is 0.769. The van der Waals surface area contributed by atoms with Crippen LogP contribution in [0.25, 0.3) is 0 Å². The van der Waals surface area contributed by atoms with Crippen molar-refractivity contribution in [3.05, 3.63) is 11.7 Å². The smallest absolute Gasteiger partial charge is 0.307 e. The molecule has 2 rings (SSSR count). The molecule has 0 radical (unpaired) electrons. The number of hydrogen-bond donors (Lipinski definition) is 1. The first-order valence-electron chi connectivity index (χ1n) is 6.84. The summed E-state index contributed by atoms with van der Waals surface area (Å²) in [6.45, 7) is 5.65. The molecule has 0 saturated carbocycles. The third-order valence-corrected chi connectivity index (χ3v) is 6.94. The number of nitrogens with zero attached hydrogens (tertiary/aromatic N) is 2. The molecular formula is C13H20N2O3S2. The molecule has 0 bridgehead atoms. The molecule has 1 aliphatic rings. The van der Waals surface area contributed by atoms with Crippen LogP contribution in [0.1, 0.15) is 50.1 Å². The molecule has 1 fully saturated rings. The standard InChI is InChI=1S/C13H20N2O3S2/c1-4-9-10(20-6-5-19-9)11-14-12(18-15-11)7(2)8(3)13(16)17/h7-10H,4-6H2,1-3H3,(H,16,17). The highest BCUT2D eigenvalue weighted by atomic mass is 32.2. The highest BCUT2D eigenvalue weighted by Gasteiger charge is 2.32. The van der Waals surface area contributed by atoms with E-state index >= 15 is 0 Å². The second-order valence-electron chi connectivity index (χ2n) is 5.02. The molecule has 0 aliphatic carbocycles. The summed E-state index contributed by atoms with van der Waals surface area (Å²) in [5, 5.41) is 13.9. The lowest BCUT2D eigenvalue weighted by Gasteiger charge is -2.27. The van der Waals surface area contributed by atoms with Gasteiger partial charge in [-0.1, -0.05) is 25.9 Å². The lowest BCUT2D eigenvalue weighted by Crippen LogP contribution is -2.20. The minimum Gasteiger partial charge on any atom is -0.481 e. The average molecular weight is 316 g/mol. The molecular weight excluding hydrogens is 296 g/mol. The van der Waals surface area contributed by atoms with E-state index in [4.69, 9.17) is 9.63 Å². The normalized spacial score (nSPS) is 26.1. The zero-order valence-electron chi connectivity index (χ0n) is 11.9. The Kier molecular flexibility index (Phi) is 5.37. The van der Waals surface area contributed by atoms with Gasteiger partial charge in [-0.3, -0.25) is 4.79 Å². The van der Waals surface area contributed by atoms with Gasteiger partial charge in [-0.2, -0.15) is 16.7 Å². The van der Waals surface area contributed by atoms with Crippen LogP contribution in [0.2, 0.25) is 0 Å². The van der Waals surface area contributed by atoms with E-state index in [0.29, 0.717) is 17.0 Å². The molecule has 2 heterocycles. The van der Waals surface area contributed by atoms with E-state index in [-0.39, 0.29) is 11.2 Å². The molecule has 0 spiro atoms. The predicted octanol–water partition coefficient (Wildman–Crippen LogP) is 3.19. The Morgan fingerprint density at radius 2 is 2.15 bits per heavy atom. The molecule has 112 valence electrons. The third-order valence-electron chi connectivity index (χ3n) is 3.69. The van der Waals surface area contributed by atoms with Crippen molar-refractivity contribution in [1.82, 2.24) is 10.1 Å². The highest BCUT2D eigenvalue weighted by molar-refractivity contribution is 8.06. The van der Waals surface area contributed by atoms with Crippen LogP contribution in [0.5, 0.6) is 0 Å². The first-order valence-corrected chi connectivity index (χ1v) is 8.93. The Hall–Kier alpha value is -0.690. The van der Waals surface area contributed by atoms with Gasteiger partial charge in [0, 0.05) is 22.7 Å². The summed E-state index contributed by atoms with van der Waals surface area (Å²) in [7, 11) is 0. The zero-order valence-corrected chi connectivity index (χ0v) is 13.5. The van der Waals surface area contributed by atoms with Gasteiger partial charge in [-0.25, -0.2) is 0 Å². The fourth-order valence-electron chi connectivity index (χ4n) is 2.12. The summed E-state index contributed by atoms with van der Waals surface area (Å²) in [6, 6.07) is 0. The average Bonchev–Trinajstić information content (AvgIpc) is 2.95. The number of carboxylic acid groups (broad SMARTS) is 1. The van der Waals surface area contributed by atoms with Crippen LogP contribution >= 0.6 is 23.5 Å². The first-order chi connectivity index (χ1) is 9.54. The summed E-state index contributed by atoms with van der Waals surface area (Å²) in [5.74, 6) is 1.77. The van der Waals surface area contributed by atoms with Crippen LogP contribution in [0.3, 0.4) is 0 Å². The Bertz CT molecular complexity index is 466. The molecule has 1 aromatic heterocycles. The SMILES string of the molecule is CCC1SCCSC1c1noc(C(C)C(C)C(=O)O)n1.